The Bertz CT molecular complexity index is 567. The second-order valence-corrected chi connectivity index (χ2v) is 4.09. The molecule has 4 heteroatoms. The van der Waals surface area contributed by atoms with Crippen molar-refractivity contribution in [3.63, 3.8) is 0 Å². The zero-order valence-corrected chi connectivity index (χ0v) is 10.6. The molecule has 0 saturated heterocycles. The number of carbonyl (C=O) groups is 1. The first-order valence-corrected chi connectivity index (χ1v) is 6.09. The summed E-state index contributed by atoms with van der Waals surface area (Å²) in [7, 11) is 0. The van der Waals surface area contributed by atoms with Gasteiger partial charge in [0.05, 0.1) is 12.8 Å². The number of pyridine rings is 1. The van der Waals surface area contributed by atoms with E-state index in [1.54, 1.807) is 12.3 Å². The topological polar surface area (TPSA) is 39.2 Å². The third-order valence-corrected chi connectivity index (χ3v) is 2.55. The summed E-state index contributed by atoms with van der Waals surface area (Å²) >= 11 is 0. The summed E-state index contributed by atoms with van der Waals surface area (Å²) in [6.07, 6.45) is 3.93. The first kappa shape index (κ1) is 13.2. The van der Waals surface area contributed by atoms with Crippen LogP contribution >= 0.6 is 0 Å². The summed E-state index contributed by atoms with van der Waals surface area (Å²) < 4.78 is 18.2. The molecule has 0 aliphatic carbocycles. The summed E-state index contributed by atoms with van der Waals surface area (Å²) in [6.45, 7) is 2.58. The van der Waals surface area contributed by atoms with Crippen molar-refractivity contribution < 1.29 is 13.9 Å². The van der Waals surface area contributed by atoms with E-state index in [1.165, 1.54) is 30.5 Å². The molecule has 1 heterocycles. The predicted molar refractivity (Wildman–Crippen MR) is 69.9 cm³/mol. The zero-order chi connectivity index (χ0) is 13.7. The van der Waals surface area contributed by atoms with E-state index in [1.807, 2.05) is 6.92 Å². The van der Waals surface area contributed by atoms with Gasteiger partial charge in [0.15, 0.2) is 5.78 Å². The monoisotopic (exact) mass is 259 g/mol. The number of nitrogens with zero attached hydrogens (tertiary/aromatic N) is 1. The fraction of sp³-hybridized carbons (Fsp3) is 0.200. The summed E-state index contributed by atoms with van der Waals surface area (Å²) in [5.41, 5.74) is 0.857. The number of halogens is 1. The van der Waals surface area contributed by atoms with E-state index in [4.69, 9.17) is 4.74 Å². The molecule has 0 N–H and O–H groups in total. The molecule has 0 unspecified atom stereocenters. The van der Waals surface area contributed by atoms with E-state index in [9.17, 15) is 9.18 Å². The zero-order valence-electron chi connectivity index (χ0n) is 10.6. The number of hydrogen-bond donors (Lipinski definition) is 0. The number of aromatic nitrogens is 1. The van der Waals surface area contributed by atoms with E-state index in [0.29, 0.717) is 23.5 Å². The Hall–Kier alpha value is -2.23. The van der Waals surface area contributed by atoms with Gasteiger partial charge >= 0.3 is 0 Å². The van der Waals surface area contributed by atoms with Crippen molar-refractivity contribution in [3.8, 4) is 5.75 Å². The minimum absolute atomic E-state index is 0.200. The minimum atomic E-state index is -0.366. The first-order chi connectivity index (χ1) is 9.20. The van der Waals surface area contributed by atoms with Crippen LogP contribution in [0.1, 0.15) is 29.3 Å². The maximum Gasteiger partial charge on any atom is 0.194 e. The molecule has 2 aromatic rings. The van der Waals surface area contributed by atoms with Crippen molar-refractivity contribution in [2.45, 2.75) is 13.3 Å². The highest BCUT2D eigenvalue weighted by molar-refractivity contribution is 6.08. The van der Waals surface area contributed by atoms with Gasteiger partial charge < -0.3 is 4.74 Å². The maximum absolute atomic E-state index is 12.8. The number of carbonyl (C=O) groups excluding carboxylic acids is 1. The molecule has 0 amide bonds. The van der Waals surface area contributed by atoms with Crippen LogP contribution in [0.3, 0.4) is 0 Å². The van der Waals surface area contributed by atoms with Gasteiger partial charge in [0.25, 0.3) is 0 Å². The van der Waals surface area contributed by atoms with E-state index < -0.39 is 0 Å². The quantitative estimate of drug-likeness (QED) is 0.774. The lowest BCUT2D eigenvalue weighted by molar-refractivity contribution is 0.103. The first-order valence-electron chi connectivity index (χ1n) is 6.09. The molecular formula is C15H14FNO2. The van der Waals surface area contributed by atoms with E-state index in [0.717, 1.165) is 6.42 Å². The van der Waals surface area contributed by atoms with Gasteiger partial charge in [-0.15, -0.1) is 0 Å². The lowest BCUT2D eigenvalue weighted by Gasteiger charge is -2.06. The van der Waals surface area contributed by atoms with Crippen LogP contribution in [0.2, 0.25) is 0 Å². The Morgan fingerprint density at radius 2 is 1.95 bits per heavy atom. The SMILES string of the molecule is CCCOc1cncc(C(=O)c2ccc(F)cc2)c1. The molecule has 1 aromatic carbocycles. The standard InChI is InChI=1S/C15H14FNO2/c1-2-7-19-14-8-12(9-17-10-14)15(18)11-3-5-13(16)6-4-11/h3-6,8-10H,2,7H2,1H3. The van der Waals surface area contributed by atoms with Crippen LogP contribution < -0.4 is 4.74 Å². The second kappa shape index (κ2) is 6.09. The number of rotatable bonds is 5. The number of ketones is 1. The number of hydrogen-bond acceptors (Lipinski definition) is 3. The van der Waals surface area contributed by atoms with Crippen LogP contribution in [-0.2, 0) is 0 Å². The Morgan fingerprint density at radius 3 is 2.63 bits per heavy atom. The van der Waals surface area contributed by atoms with Crippen LogP contribution in [0.15, 0.2) is 42.7 Å². The van der Waals surface area contributed by atoms with Crippen molar-refractivity contribution in [3.05, 3.63) is 59.7 Å². The number of benzene rings is 1. The molecule has 1 aromatic heterocycles. The second-order valence-electron chi connectivity index (χ2n) is 4.09. The summed E-state index contributed by atoms with van der Waals surface area (Å²) in [5, 5.41) is 0. The van der Waals surface area contributed by atoms with Gasteiger partial charge in [0.2, 0.25) is 0 Å². The van der Waals surface area contributed by atoms with Gasteiger partial charge in [0.1, 0.15) is 11.6 Å². The Labute approximate surface area is 111 Å². The number of ether oxygens (including phenoxy) is 1. The summed E-state index contributed by atoms with van der Waals surface area (Å²) in [6, 6.07) is 7.08. The average Bonchev–Trinajstić information content (AvgIpc) is 2.45. The van der Waals surface area contributed by atoms with Crippen molar-refractivity contribution in [2.75, 3.05) is 6.61 Å². The predicted octanol–water partition coefficient (Wildman–Crippen LogP) is 3.24. The van der Waals surface area contributed by atoms with Crippen molar-refractivity contribution in [1.29, 1.82) is 0 Å². The van der Waals surface area contributed by atoms with Gasteiger partial charge in [-0.3, -0.25) is 9.78 Å². The van der Waals surface area contributed by atoms with Crippen molar-refractivity contribution >= 4 is 5.78 Å². The largest absolute Gasteiger partial charge is 0.492 e. The van der Waals surface area contributed by atoms with Gasteiger partial charge in [-0.1, -0.05) is 6.92 Å². The molecular weight excluding hydrogens is 245 g/mol. The van der Waals surface area contributed by atoms with Gasteiger partial charge in [-0.2, -0.15) is 0 Å². The van der Waals surface area contributed by atoms with Crippen LogP contribution in [-0.4, -0.2) is 17.4 Å². The lowest BCUT2D eigenvalue weighted by atomic mass is 10.1. The highest BCUT2D eigenvalue weighted by Crippen LogP contribution is 2.15. The fourth-order valence-electron chi connectivity index (χ4n) is 1.61. The third kappa shape index (κ3) is 3.37. The molecule has 2 rings (SSSR count). The molecule has 0 aliphatic heterocycles. The molecule has 0 saturated carbocycles. The smallest absolute Gasteiger partial charge is 0.194 e. The lowest BCUT2D eigenvalue weighted by Crippen LogP contribution is -2.03. The van der Waals surface area contributed by atoms with E-state index in [2.05, 4.69) is 4.98 Å². The molecule has 0 spiro atoms. The van der Waals surface area contributed by atoms with Crippen LogP contribution in [0.25, 0.3) is 0 Å². The summed E-state index contributed by atoms with van der Waals surface area (Å²) in [4.78, 5) is 16.1. The van der Waals surface area contributed by atoms with Crippen LogP contribution in [0.4, 0.5) is 4.39 Å². The molecule has 98 valence electrons. The Morgan fingerprint density at radius 1 is 1.21 bits per heavy atom. The van der Waals surface area contributed by atoms with E-state index in [-0.39, 0.29) is 11.6 Å². The normalized spacial score (nSPS) is 10.2. The molecule has 19 heavy (non-hydrogen) atoms. The van der Waals surface area contributed by atoms with Crippen LogP contribution in [0, 0.1) is 5.82 Å². The molecule has 0 bridgehead atoms. The van der Waals surface area contributed by atoms with Crippen molar-refractivity contribution in [1.82, 2.24) is 4.98 Å². The third-order valence-electron chi connectivity index (χ3n) is 2.55. The molecule has 0 aliphatic rings. The molecule has 0 radical (unpaired) electrons. The highest BCUT2D eigenvalue weighted by Gasteiger charge is 2.10. The summed E-state index contributed by atoms with van der Waals surface area (Å²) in [5.74, 6) is -0.000958. The van der Waals surface area contributed by atoms with E-state index >= 15 is 0 Å². The van der Waals surface area contributed by atoms with Gasteiger partial charge in [-0.25, -0.2) is 4.39 Å². The minimum Gasteiger partial charge on any atom is -0.492 e. The van der Waals surface area contributed by atoms with Crippen LogP contribution in [0.5, 0.6) is 5.75 Å². The molecule has 3 nitrogen and oxygen atoms in total. The Kier molecular flexibility index (Phi) is 4.23. The molecule has 0 fully saturated rings. The van der Waals surface area contributed by atoms with Gasteiger partial charge in [-0.05, 0) is 36.8 Å². The maximum atomic E-state index is 12.8. The van der Waals surface area contributed by atoms with Crippen molar-refractivity contribution in [2.24, 2.45) is 0 Å². The molecule has 0 atom stereocenters. The average molecular weight is 259 g/mol. The van der Waals surface area contributed by atoms with Gasteiger partial charge in [0, 0.05) is 17.3 Å². The fourth-order valence-corrected chi connectivity index (χ4v) is 1.61. The Balaban J connectivity index is 2.21. The highest BCUT2D eigenvalue weighted by atomic mass is 19.1.